The molecule has 0 radical (unpaired) electrons. The van der Waals surface area contributed by atoms with Gasteiger partial charge >= 0.3 is 0 Å². The van der Waals surface area contributed by atoms with E-state index in [0.29, 0.717) is 17.1 Å². The average molecular weight is 308 g/mol. The Morgan fingerprint density at radius 2 is 1.85 bits per heavy atom. The molecule has 1 aromatic carbocycles. The molecule has 0 unspecified atom stereocenters. The molecule has 0 aliphatic carbocycles. The molecule has 1 heterocycles. The SMILES string of the molecule is NC(=S)c1cccnc1Nc1ccc(S(N)(=O)=O)cc1. The predicted molar refractivity (Wildman–Crippen MR) is 81.2 cm³/mol. The molecule has 104 valence electrons. The first-order chi connectivity index (χ1) is 9.38. The fourth-order valence-corrected chi connectivity index (χ4v) is 2.25. The van der Waals surface area contributed by atoms with E-state index < -0.39 is 10.0 Å². The van der Waals surface area contributed by atoms with E-state index >= 15 is 0 Å². The average Bonchev–Trinajstić information content (AvgIpc) is 2.38. The van der Waals surface area contributed by atoms with Crippen molar-refractivity contribution >= 4 is 38.7 Å². The molecule has 1 aromatic heterocycles. The number of hydrogen-bond donors (Lipinski definition) is 3. The second kappa shape index (κ2) is 5.53. The first-order valence-corrected chi connectivity index (χ1v) is 7.48. The monoisotopic (exact) mass is 308 g/mol. The lowest BCUT2D eigenvalue weighted by Gasteiger charge is -2.10. The second-order valence-electron chi connectivity index (χ2n) is 3.96. The quantitative estimate of drug-likeness (QED) is 0.730. The van der Waals surface area contributed by atoms with Gasteiger partial charge in [-0.1, -0.05) is 12.2 Å². The van der Waals surface area contributed by atoms with E-state index in [2.05, 4.69) is 10.3 Å². The highest BCUT2D eigenvalue weighted by Gasteiger charge is 2.09. The molecule has 0 aliphatic heterocycles. The molecule has 2 aromatic rings. The van der Waals surface area contributed by atoms with Gasteiger partial charge in [-0.05, 0) is 36.4 Å². The molecule has 0 amide bonds. The van der Waals surface area contributed by atoms with E-state index in [1.807, 2.05) is 0 Å². The first-order valence-electron chi connectivity index (χ1n) is 5.52. The topological polar surface area (TPSA) is 111 Å². The van der Waals surface area contributed by atoms with Gasteiger partial charge in [-0.15, -0.1) is 0 Å². The van der Waals surface area contributed by atoms with Crippen molar-refractivity contribution < 1.29 is 8.42 Å². The Kier molecular flexibility index (Phi) is 3.98. The van der Waals surface area contributed by atoms with Crippen molar-refractivity contribution in [2.45, 2.75) is 4.90 Å². The maximum atomic E-state index is 11.2. The van der Waals surface area contributed by atoms with E-state index in [0.717, 1.165) is 0 Å². The number of pyridine rings is 1. The minimum absolute atomic E-state index is 0.0404. The summed E-state index contributed by atoms with van der Waals surface area (Å²) in [4.78, 5) is 4.41. The molecule has 0 aliphatic rings. The lowest BCUT2D eigenvalue weighted by atomic mass is 10.2. The molecule has 0 atom stereocenters. The van der Waals surface area contributed by atoms with Crippen LogP contribution < -0.4 is 16.2 Å². The van der Waals surface area contributed by atoms with Crippen LogP contribution in [-0.2, 0) is 10.0 Å². The van der Waals surface area contributed by atoms with Crippen molar-refractivity contribution in [3.05, 3.63) is 48.2 Å². The van der Waals surface area contributed by atoms with Crippen LogP contribution in [0.5, 0.6) is 0 Å². The Morgan fingerprint density at radius 3 is 2.40 bits per heavy atom. The first kappa shape index (κ1) is 14.4. The summed E-state index contributed by atoms with van der Waals surface area (Å²) in [6.07, 6.45) is 1.60. The largest absolute Gasteiger partial charge is 0.389 e. The van der Waals surface area contributed by atoms with Crippen LogP contribution in [0.3, 0.4) is 0 Å². The Morgan fingerprint density at radius 1 is 1.20 bits per heavy atom. The van der Waals surface area contributed by atoms with Gasteiger partial charge < -0.3 is 11.1 Å². The number of thiocarbonyl (C=S) groups is 1. The number of aromatic nitrogens is 1. The number of benzene rings is 1. The van der Waals surface area contributed by atoms with Gasteiger partial charge in [-0.3, -0.25) is 0 Å². The minimum atomic E-state index is -3.70. The third-order valence-corrected chi connectivity index (χ3v) is 3.67. The molecule has 6 nitrogen and oxygen atoms in total. The summed E-state index contributed by atoms with van der Waals surface area (Å²) in [5, 5.41) is 8.05. The molecular formula is C12H12N4O2S2. The van der Waals surface area contributed by atoms with Gasteiger partial charge in [0.25, 0.3) is 0 Å². The Balaban J connectivity index is 2.30. The van der Waals surface area contributed by atoms with E-state index in [1.165, 1.54) is 12.1 Å². The number of nitrogens with one attached hydrogen (secondary N) is 1. The third-order valence-electron chi connectivity index (χ3n) is 2.52. The summed E-state index contributed by atoms with van der Waals surface area (Å²) in [6.45, 7) is 0. The van der Waals surface area contributed by atoms with Gasteiger partial charge in [0.1, 0.15) is 10.8 Å². The number of sulfonamides is 1. The highest BCUT2D eigenvalue weighted by Crippen LogP contribution is 2.19. The Labute approximate surface area is 121 Å². The summed E-state index contributed by atoms with van der Waals surface area (Å²) in [5.41, 5.74) is 6.86. The zero-order chi connectivity index (χ0) is 14.8. The third kappa shape index (κ3) is 3.29. The second-order valence-corrected chi connectivity index (χ2v) is 5.96. The molecule has 0 saturated carbocycles. The fourth-order valence-electron chi connectivity index (χ4n) is 1.57. The van der Waals surface area contributed by atoms with Crippen LogP contribution in [0, 0.1) is 0 Å². The molecule has 2 rings (SSSR count). The van der Waals surface area contributed by atoms with Gasteiger partial charge in [-0.25, -0.2) is 18.5 Å². The van der Waals surface area contributed by atoms with Gasteiger partial charge in [-0.2, -0.15) is 0 Å². The van der Waals surface area contributed by atoms with Crippen LogP contribution in [0.1, 0.15) is 5.56 Å². The fraction of sp³-hybridized carbons (Fsp3) is 0. The van der Waals surface area contributed by atoms with Crippen LogP contribution in [0.4, 0.5) is 11.5 Å². The molecule has 0 fully saturated rings. The number of hydrogen-bond acceptors (Lipinski definition) is 5. The van der Waals surface area contributed by atoms with Gasteiger partial charge in [0.15, 0.2) is 0 Å². The van der Waals surface area contributed by atoms with Crippen molar-refractivity contribution in [3.8, 4) is 0 Å². The normalized spacial score (nSPS) is 11.1. The van der Waals surface area contributed by atoms with Crippen LogP contribution >= 0.6 is 12.2 Å². The van der Waals surface area contributed by atoms with Crippen molar-refractivity contribution in [2.75, 3.05) is 5.32 Å². The van der Waals surface area contributed by atoms with Crippen molar-refractivity contribution in [1.29, 1.82) is 0 Å². The number of nitrogens with two attached hydrogens (primary N) is 2. The Hall–Kier alpha value is -2.03. The van der Waals surface area contributed by atoms with Crippen LogP contribution in [0.15, 0.2) is 47.5 Å². The molecular weight excluding hydrogens is 296 g/mol. The maximum Gasteiger partial charge on any atom is 0.238 e. The van der Waals surface area contributed by atoms with Gasteiger partial charge in [0.05, 0.1) is 10.5 Å². The number of anilines is 2. The lowest BCUT2D eigenvalue weighted by Crippen LogP contribution is -2.13. The van der Waals surface area contributed by atoms with Gasteiger partial charge in [0.2, 0.25) is 10.0 Å². The molecule has 5 N–H and O–H groups in total. The van der Waals surface area contributed by atoms with E-state index in [1.54, 1.807) is 30.5 Å². The number of rotatable bonds is 4. The van der Waals surface area contributed by atoms with E-state index in [4.69, 9.17) is 23.1 Å². The lowest BCUT2D eigenvalue weighted by molar-refractivity contribution is 0.598. The minimum Gasteiger partial charge on any atom is -0.389 e. The highest BCUT2D eigenvalue weighted by molar-refractivity contribution is 7.89. The highest BCUT2D eigenvalue weighted by atomic mass is 32.2. The van der Waals surface area contributed by atoms with Crippen LogP contribution in [0.2, 0.25) is 0 Å². The van der Waals surface area contributed by atoms with Gasteiger partial charge in [0, 0.05) is 11.9 Å². The van der Waals surface area contributed by atoms with E-state index in [9.17, 15) is 8.42 Å². The van der Waals surface area contributed by atoms with Crippen molar-refractivity contribution in [3.63, 3.8) is 0 Å². The summed E-state index contributed by atoms with van der Waals surface area (Å²) >= 11 is 4.94. The van der Waals surface area contributed by atoms with Crippen LogP contribution in [-0.4, -0.2) is 18.4 Å². The maximum absolute atomic E-state index is 11.2. The van der Waals surface area contributed by atoms with Crippen LogP contribution in [0.25, 0.3) is 0 Å². The summed E-state index contributed by atoms with van der Waals surface area (Å²) < 4.78 is 22.3. The number of nitrogens with zero attached hydrogens (tertiary/aromatic N) is 1. The summed E-state index contributed by atoms with van der Waals surface area (Å²) in [5.74, 6) is 0.503. The smallest absolute Gasteiger partial charge is 0.238 e. The van der Waals surface area contributed by atoms with Crippen molar-refractivity contribution in [1.82, 2.24) is 4.98 Å². The molecule has 20 heavy (non-hydrogen) atoms. The number of primary sulfonamides is 1. The Bertz CT molecular complexity index is 742. The summed E-state index contributed by atoms with van der Waals surface area (Å²) in [7, 11) is -3.70. The van der Waals surface area contributed by atoms with E-state index in [-0.39, 0.29) is 9.88 Å². The summed E-state index contributed by atoms with van der Waals surface area (Å²) in [6, 6.07) is 9.44. The van der Waals surface area contributed by atoms with Crippen molar-refractivity contribution in [2.24, 2.45) is 10.9 Å². The zero-order valence-corrected chi connectivity index (χ0v) is 11.9. The zero-order valence-electron chi connectivity index (χ0n) is 10.3. The predicted octanol–water partition coefficient (Wildman–Crippen LogP) is 1.11. The molecule has 8 heteroatoms. The standard InChI is InChI=1S/C12H12N4O2S2/c13-11(19)10-2-1-7-15-12(10)16-8-3-5-9(6-4-8)20(14,17)18/h1-7H,(H2,13,19)(H,15,16)(H2,14,17,18). The molecule has 0 saturated heterocycles. The molecule has 0 spiro atoms. The molecule has 0 bridgehead atoms.